The number of hydrogen-bond acceptors (Lipinski definition) is 5. The molecule has 1 rings (SSSR count). The van der Waals surface area contributed by atoms with Crippen LogP contribution in [0.5, 0.6) is 0 Å². The highest BCUT2D eigenvalue weighted by molar-refractivity contribution is 5.89. The van der Waals surface area contributed by atoms with Gasteiger partial charge in [-0.25, -0.2) is 4.79 Å². The lowest BCUT2D eigenvalue weighted by Gasteiger charge is -2.35. The summed E-state index contributed by atoms with van der Waals surface area (Å²) >= 11 is 0. The molecule has 0 fully saturated rings. The zero-order valence-corrected chi connectivity index (χ0v) is 12.3. The van der Waals surface area contributed by atoms with Crippen LogP contribution in [0.2, 0.25) is 0 Å². The fourth-order valence-corrected chi connectivity index (χ4v) is 2.16. The summed E-state index contributed by atoms with van der Waals surface area (Å²) in [6.45, 7) is 4.31. The molecule has 0 aliphatic heterocycles. The summed E-state index contributed by atoms with van der Waals surface area (Å²) < 4.78 is 10.4. The lowest BCUT2D eigenvalue weighted by atomic mass is 9.88. The van der Waals surface area contributed by atoms with Gasteiger partial charge in [-0.2, -0.15) is 0 Å². The average Bonchev–Trinajstić information content (AvgIpc) is 2.46. The molecular weight excluding hydrogens is 260 g/mol. The number of rotatable bonds is 6. The van der Waals surface area contributed by atoms with Gasteiger partial charge in [-0.15, -0.1) is 0 Å². The van der Waals surface area contributed by atoms with Crippen molar-refractivity contribution >= 4 is 11.9 Å². The number of carbonyl (C=O) groups is 2. The smallest absolute Gasteiger partial charge is 0.333 e. The number of carbonyl (C=O) groups excluding carboxylic acids is 2. The molecule has 0 unspecified atom stereocenters. The maximum atomic E-state index is 11.6. The topological polar surface area (TPSA) is 90.7 Å². The van der Waals surface area contributed by atoms with E-state index >= 15 is 0 Å². The zero-order valence-electron chi connectivity index (χ0n) is 12.3. The Morgan fingerprint density at radius 1 is 1.45 bits per heavy atom. The number of esters is 1. The highest BCUT2D eigenvalue weighted by Gasteiger charge is 2.34. The van der Waals surface area contributed by atoms with Crippen LogP contribution in [-0.4, -0.2) is 43.8 Å². The first-order valence-corrected chi connectivity index (χ1v) is 6.99. The van der Waals surface area contributed by atoms with Gasteiger partial charge in [0.05, 0.1) is 19.3 Å². The molecule has 6 nitrogen and oxygen atoms in total. The first-order valence-electron chi connectivity index (χ1n) is 6.99. The quantitative estimate of drug-likeness (QED) is 0.693. The predicted octanol–water partition coefficient (Wildman–Crippen LogP) is 0.507. The van der Waals surface area contributed by atoms with Crippen molar-refractivity contribution < 1.29 is 19.1 Å². The van der Waals surface area contributed by atoms with Crippen LogP contribution in [-0.2, 0) is 19.1 Å². The van der Waals surface area contributed by atoms with E-state index in [2.05, 4.69) is 5.32 Å². The molecule has 0 aromatic carbocycles. The van der Waals surface area contributed by atoms with Crippen LogP contribution >= 0.6 is 0 Å². The molecule has 0 saturated heterocycles. The minimum atomic E-state index is -0.400. The third-order valence-corrected chi connectivity index (χ3v) is 3.25. The maximum absolute atomic E-state index is 11.6. The van der Waals surface area contributed by atoms with E-state index in [9.17, 15) is 9.59 Å². The Morgan fingerprint density at radius 2 is 2.15 bits per heavy atom. The minimum absolute atomic E-state index is 0.0783. The van der Waals surface area contributed by atoms with E-state index in [0.717, 1.165) is 6.42 Å². The summed E-state index contributed by atoms with van der Waals surface area (Å²) in [5, 5.41) is 2.87. The van der Waals surface area contributed by atoms with E-state index in [1.807, 2.05) is 6.92 Å². The highest BCUT2D eigenvalue weighted by atomic mass is 16.5. The van der Waals surface area contributed by atoms with E-state index < -0.39 is 12.1 Å². The summed E-state index contributed by atoms with van der Waals surface area (Å²) in [6, 6.07) is -0.686. The van der Waals surface area contributed by atoms with Gasteiger partial charge in [0, 0.05) is 24.6 Å². The third kappa shape index (κ3) is 4.31. The molecule has 3 atom stereocenters. The van der Waals surface area contributed by atoms with Crippen LogP contribution < -0.4 is 11.1 Å². The van der Waals surface area contributed by atoms with Gasteiger partial charge >= 0.3 is 5.97 Å². The standard InChI is InChI=1S/C14H24N2O4/c1-4-6-20-11-8-9(14(18)19-3)7-10(15)13(11)16-12(17)5-2/h8,10-11,13H,4-7,15H2,1-3H3,(H,16,17)/t10-,11+,13+/m0/s1. The molecule has 0 heterocycles. The molecule has 1 aliphatic rings. The second kappa shape index (κ2) is 8.01. The van der Waals surface area contributed by atoms with E-state index in [1.165, 1.54) is 7.11 Å². The van der Waals surface area contributed by atoms with Gasteiger partial charge in [-0.3, -0.25) is 4.79 Å². The molecule has 0 saturated carbocycles. The predicted molar refractivity (Wildman–Crippen MR) is 74.9 cm³/mol. The van der Waals surface area contributed by atoms with Crippen molar-refractivity contribution in [2.75, 3.05) is 13.7 Å². The Hall–Kier alpha value is -1.40. The number of methoxy groups -OCH3 is 1. The molecule has 1 amide bonds. The van der Waals surface area contributed by atoms with Gasteiger partial charge < -0.3 is 20.5 Å². The third-order valence-electron chi connectivity index (χ3n) is 3.25. The van der Waals surface area contributed by atoms with E-state index in [-0.39, 0.29) is 18.0 Å². The normalized spacial score (nSPS) is 25.8. The number of nitrogens with two attached hydrogens (primary N) is 1. The van der Waals surface area contributed by atoms with Crippen LogP contribution in [0.25, 0.3) is 0 Å². The largest absolute Gasteiger partial charge is 0.466 e. The molecule has 20 heavy (non-hydrogen) atoms. The molecule has 3 N–H and O–H groups in total. The summed E-state index contributed by atoms with van der Waals surface area (Å²) in [5.41, 5.74) is 6.59. The minimum Gasteiger partial charge on any atom is -0.466 e. The Labute approximate surface area is 119 Å². The van der Waals surface area contributed by atoms with E-state index in [0.29, 0.717) is 25.0 Å². The molecule has 6 heteroatoms. The second-order valence-corrected chi connectivity index (χ2v) is 4.83. The van der Waals surface area contributed by atoms with Gasteiger partial charge in [0.1, 0.15) is 0 Å². The Morgan fingerprint density at radius 3 is 2.70 bits per heavy atom. The molecule has 0 bridgehead atoms. The van der Waals surface area contributed by atoms with Crippen molar-refractivity contribution in [2.24, 2.45) is 5.73 Å². The van der Waals surface area contributed by atoms with Crippen LogP contribution in [0, 0.1) is 0 Å². The summed E-state index contributed by atoms with van der Waals surface area (Å²) in [7, 11) is 1.33. The molecule has 0 spiro atoms. The zero-order chi connectivity index (χ0) is 15.1. The lowest BCUT2D eigenvalue weighted by molar-refractivity contribution is -0.136. The first kappa shape index (κ1) is 16.7. The Bertz CT molecular complexity index is 381. The fourth-order valence-electron chi connectivity index (χ4n) is 2.16. The van der Waals surface area contributed by atoms with Gasteiger partial charge in [0.25, 0.3) is 0 Å². The van der Waals surface area contributed by atoms with E-state index in [1.54, 1.807) is 13.0 Å². The van der Waals surface area contributed by atoms with Crippen molar-refractivity contribution in [1.82, 2.24) is 5.32 Å². The Kier molecular flexibility index (Phi) is 6.67. The monoisotopic (exact) mass is 284 g/mol. The van der Waals surface area contributed by atoms with Gasteiger partial charge in [-0.05, 0) is 18.9 Å². The van der Waals surface area contributed by atoms with Crippen LogP contribution in [0.3, 0.4) is 0 Å². The van der Waals surface area contributed by atoms with Crippen molar-refractivity contribution in [1.29, 1.82) is 0 Å². The fraction of sp³-hybridized carbons (Fsp3) is 0.714. The van der Waals surface area contributed by atoms with Gasteiger partial charge in [-0.1, -0.05) is 13.8 Å². The summed E-state index contributed by atoms with van der Waals surface area (Å²) in [6.07, 6.45) is 2.92. The van der Waals surface area contributed by atoms with Crippen molar-refractivity contribution in [3.05, 3.63) is 11.6 Å². The van der Waals surface area contributed by atoms with Gasteiger partial charge in [0.2, 0.25) is 5.91 Å². The van der Waals surface area contributed by atoms with Crippen LogP contribution in [0.15, 0.2) is 11.6 Å². The SMILES string of the molecule is CCCO[C@@H]1C=C(C(=O)OC)C[C@H](N)[C@H]1NC(=O)CC. The molecule has 0 radical (unpaired) electrons. The lowest BCUT2D eigenvalue weighted by Crippen LogP contribution is -2.56. The molecular formula is C14H24N2O4. The van der Waals surface area contributed by atoms with Crippen molar-refractivity contribution in [3.63, 3.8) is 0 Å². The first-order chi connectivity index (χ1) is 9.53. The number of amides is 1. The highest BCUT2D eigenvalue weighted by Crippen LogP contribution is 2.22. The molecule has 0 aromatic rings. The Balaban J connectivity index is 2.89. The number of ether oxygens (including phenoxy) is 2. The number of hydrogen-bond donors (Lipinski definition) is 2. The number of nitrogens with one attached hydrogen (secondary N) is 1. The molecule has 1 aliphatic carbocycles. The molecule has 0 aromatic heterocycles. The summed E-state index contributed by atoms with van der Waals surface area (Å²) in [5.74, 6) is -0.476. The van der Waals surface area contributed by atoms with Crippen molar-refractivity contribution in [2.45, 2.75) is 51.3 Å². The van der Waals surface area contributed by atoms with Crippen molar-refractivity contribution in [3.8, 4) is 0 Å². The summed E-state index contributed by atoms with van der Waals surface area (Å²) in [4.78, 5) is 23.2. The van der Waals surface area contributed by atoms with E-state index in [4.69, 9.17) is 15.2 Å². The average molecular weight is 284 g/mol. The maximum Gasteiger partial charge on any atom is 0.333 e. The molecule has 114 valence electrons. The second-order valence-electron chi connectivity index (χ2n) is 4.83. The van der Waals surface area contributed by atoms with Crippen LogP contribution in [0.4, 0.5) is 0 Å². The van der Waals surface area contributed by atoms with Crippen LogP contribution in [0.1, 0.15) is 33.1 Å². The van der Waals surface area contributed by atoms with Gasteiger partial charge in [0.15, 0.2) is 0 Å².